The summed E-state index contributed by atoms with van der Waals surface area (Å²) in [5, 5.41) is 18.3. The van der Waals surface area contributed by atoms with Gasteiger partial charge in [-0.1, -0.05) is 6.58 Å². The molecule has 2 aliphatic rings. The average Bonchev–Trinajstić information content (AvgIpc) is 2.17. The molecule has 0 aromatic rings. The zero-order chi connectivity index (χ0) is 12.0. The summed E-state index contributed by atoms with van der Waals surface area (Å²) in [5.41, 5.74) is 0.533. The molecule has 88 valence electrons. The molecule has 2 heterocycles. The van der Waals surface area contributed by atoms with E-state index in [9.17, 15) is 14.7 Å². The van der Waals surface area contributed by atoms with Gasteiger partial charge in [0.25, 0.3) is 0 Å². The maximum atomic E-state index is 11.7. The van der Waals surface area contributed by atoms with E-state index in [1.807, 2.05) is 0 Å². The van der Waals surface area contributed by atoms with Crippen LogP contribution in [-0.2, 0) is 9.59 Å². The second kappa shape index (κ2) is 3.78. The predicted octanol–water partition coefficient (Wildman–Crippen LogP) is -0.0921. The summed E-state index contributed by atoms with van der Waals surface area (Å²) in [6, 6.07) is -0.922. The van der Waals surface area contributed by atoms with Crippen LogP contribution < -0.4 is 0 Å². The van der Waals surface area contributed by atoms with Crippen LogP contribution in [0, 0.1) is 5.92 Å². The minimum atomic E-state index is -1.05. The number of hydrogen-bond donors (Lipinski definition) is 2. The smallest absolute Gasteiger partial charge is 0.330 e. The molecule has 2 N–H and O–H groups in total. The number of aliphatic hydroxyl groups excluding tert-OH is 1. The lowest BCUT2D eigenvalue weighted by atomic mass is 9.89. The Morgan fingerprint density at radius 1 is 1.69 bits per heavy atom. The minimum absolute atomic E-state index is 0.223. The van der Waals surface area contributed by atoms with Crippen LogP contribution in [0.1, 0.15) is 6.92 Å². The van der Waals surface area contributed by atoms with Crippen molar-refractivity contribution >= 4 is 23.6 Å². The number of β-lactam (4-membered cyclic amide) rings is 1. The van der Waals surface area contributed by atoms with Crippen molar-refractivity contribution in [1.29, 1.82) is 0 Å². The van der Waals surface area contributed by atoms with Gasteiger partial charge < -0.3 is 15.1 Å². The van der Waals surface area contributed by atoms with E-state index < -0.39 is 24.0 Å². The van der Waals surface area contributed by atoms with Gasteiger partial charge in [-0.15, -0.1) is 11.8 Å². The number of hydrogen-bond acceptors (Lipinski definition) is 4. The number of carboxylic acids is 1. The molecule has 4 atom stereocenters. The SMILES string of the molecule is C=C1CS[C@H]2C(C(C)O)C(=O)N2C1C(=O)O. The lowest BCUT2D eigenvalue weighted by Crippen LogP contribution is -2.69. The molecule has 3 unspecified atom stereocenters. The third kappa shape index (κ3) is 1.44. The van der Waals surface area contributed by atoms with Gasteiger partial charge in [0.05, 0.1) is 17.4 Å². The fourth-order valence-electron chi connectivity index (χ4n) is 2.17. The monoisotopic (exact) mass is 243 g/mol. The summed E-state index contributed by atoms with van der Waals surface area (Å²) in [4.78, 5) is 24.1. The summed E-state index contributed by atoms with van der Waals surface area (Å²) in [6.45, 7) is 5.24. The molecule has 0 saturated carbocycles. The van der Waals surface area contributed by atoms with Crippen molar-refractivity contribution in [1.82, 2.24) is 4.90 Å². The average molecular weight is 243 g/mol. The van der Waals surface area contributed by atoms with Gasteiger partial charge in [0.15, 0.2) is 6.04 Å². The van der Waals surface area contributed by atoms with Crippen LogP contribution in [0.25, 0.3) is 0 Å². The first kappa shape index (κ1) is 11.5. The fraction of sp³-hybridized carbons (Fsp3) is 0.600. The van der Waals surface area contributed by atoms with Crippen LogP contribution in [0.5, 0.6) is 0 Å². The normalized spacial score (nSPS) is 35.4. The molecule has 0 aromatic carbocycles. The van der Waals surface area contributed by atoms with Crippen LogP contribution in [0.2, 0.25) is 0 Å². The molecule has 0 spiro atoms. The Morgan fingerprint density at radius 2 is 2.31 bits per heavy atom. The number of fused-ring (bicyclic) bond motifs is 1. The first-order valence-corrected chi connectivity index (χ1v) is 6.02. The number of aliphatic hydroxyl groups is 1. The van der Waals surface area contributed by atoms with Gasteiger partial charge in [0, 0.05) is 5.75 Å². The van der Waals surface area contributed by atoms with E-state index in [0.29, 0.717) is 11.3 Å². The molecule has 16 heavy (non-hydrogen) atoms. The van der Waals surface area contributed by atoms with E-state index in [4.69, 9.17) is 5.11 Å². The number of carbonyl (C=O) groups excluding carboxylic acids is 1. The van der Waals surface area contributed by atoms with Crippen LogP contribution in [-0.4, -0.2) is 50.3 Å². The molecule has 0 aromatic heterocycles. The second-order valence-electron chi connectivity index (χ2n) is 4.11. The van der Waals surface area contributed by atoms with Crippen molar-refractivity contribution in [3.05, 3.63) is 12.2 Å². The number of carbonyl (C=O) groups is 2. The molecule has 0 radical (unpaired) electrons. The third-order valence-corrected chi connectivity index (χ3v) is 4.38. The second-order valence-corrected chi connectivity index (χ2v) is 5.22. The van der Waals surface area contributed by atoms with Crippen LogP contribution in [0.3, 0.4) is 0 Å². The molecule has 2 saturated heterocycles. The van der Waals surface area contributed by atoms with Gasteiger partial charge in [0.2, 0.25) is 5.91 Å². The molecule has 2 aliphatic heterocycles. The van der Waals surface area contributed by atoms with Gasteiger partial charge >= 0.3 is 5.97 Å². The first-order chi connectivity index (χ1) is 7.45. The van der Waals surface area contributed by atoms with E-state index in [1.54, 1.807) is 6.92 Å². The number of nitrogens with zero attached hydrogens (tertiary/aromatic N) is 1. The zero-order valence-corrected chi connectivity index (χ0v) is 9.61. The summed E-state index contributed by atoms with van der Waals surface area (Å²) in [7, 11) is 0. The maximum absolute atomic E-state index is 11.7. The lowest BCUT2D eigenvalue weighted by molar-refractivity contribution is -0.167. The van der Waals surface area contributed by atoms with Gasteiger partial charge in [-0.3, -0.25) is 4.79 Å². The molecule has 1 amide bonds. The third-order valence-electron chi connectivity index (χ3n) is 2.98. The number of amides is 1. The molecule has 2 rings (SSSR count). The molecular weight excluding hydrogens is 230 g/mol. The van der Waals surface area contributed by atoms with Crippen molar-refractivity contribution in [3.63, 3.8) is 0 Å². The van der Waals surface area contributed by atoms with Crippen molar-refractivity contribution in [3.8, 4) is 0 Å². The molecule has 2 fully saturated rings. The van der Waals surface area contributed by atoms with Gasteiger partial charge in [-0.2, -0.15) is 0 Å². The summed E-state index contributed by atoms with van der Waals surface area (Å²) in [6.07, 6.45) is -0.734. The highest BCUT2D eigenvalue weighted by molar-refractivity contribution is 8.00. The lowest BCUT2D eigenvalue weighted by Gasteiger charge is -2.53. The van der Waals surface area contributed by atoms with E-state index in [0.717, 1.165) is 0 Å². The summed E-state index contributed by atoms with van der Waals surface area (Å²) >= 11 is 1.46. The number of carboxylic acid groups (broad SMARTS) is 1. The fourth-order valence-corrected chi connectivity index (χ4v) is 3.65. The summed E-state index contributed by atoms with van der Waals surface area (Å²) in [5.74, 6) is -1.29. The molecule has 0 bridgehead atoms. The van der Waals surface area contributed by atoms with Crippen LogP contribution in [0.15, 0.2) is 12.2 Å². The maximum Gasteiger partial charge on any atom is 0.330 e. The van der Waals surface area contributed by atoms with E-state index in [1.165, 1.54) is 16.7 Å². The predicted molar refractivity (Wildman–Crippen MR) is 58.8 cm³/mol. The standard InChI is InChI=1S/C10H13NO4S/c1-4-3-16-9-6(5(2)12)8(13)11(9)7(4)10(14)15/h5-7,9,12H,1,3H2,2H3,(H,14,15)/t5?,6?,7?,9-/m0/s1. The molecule has 5 nitrogen and oxygen atoms in total. The number of rotatable bonds is 2. The molecule has 0 aliphatic carbocycles. The first-order valence-electron chi connectivity index (χ1n) is 4.97. The zero-order valence-electron chi connectivity index (χ0n) is 8.79. The van der Waals surface area contributed by atoms with E-state index in [2.05, 4.69) is 6.58 Å². The van der Waals surface area contributed by atoms with E-state index in [-0.39, 0.29) is 11.3 Å². The number of aliphatic carboxylic acids is 1. The summed E-state index contributed by atoms with van der Waals surface area (Å²) < 4.78 is 0. The van der Waals surface area contributed by atoms with Crippen LogP contribution in [0.4, 0.5) is 0 Å². The van der Waals surface area contributed by atoms with Crippen LogP contribution >= 0.6 is 11.8 Å². The Morgan fingerprint density at radius 3 is 2.81 bits per heavy atom. The number of thioether (sulfide) groups is 1. The van der Waals surface area contributed by atoms with Gasteiger partial charge in [-0.25, -0.2) is 4.79 Å². The van der Waals surface area contributed by atoms with E-state index >= 15 is 0 Å². The highest BCUT2D eigenvalue weighted by atomic mass is 32.2. The van der Waals surface area contributed by atoms with Crippen molar-refractivity contribution < 1.29 is 19.8 Å². The largest absolute Gasteiger partial charge is 0.479 e. The Bertz CT molecular complexity index is 368. The van der Waals surface area contributed by atoms with Crippen molar-refractivity contribution in [2.75, 3.05) is 5.75 Å². The quantitative estimate of drug-likeness (QED) is 0.523. The Balaban J connectivity index is 2.23. The topological polar surface area (TPSA) is 77.8 Å². The molecule has 6 heteroatoms. The Kier molecular flexibility index (Phi) is 2.71. The van der Waals surface area contributed by atoms with Crippen molar-refractivity contribution in [2.24, 2.45) is 5.92 Å². The van der Waals surface area contributed by atoms with Gasteiger partial charge in [-0.05, 0) is 12.5 Å². The minimum Gasteiger partial charge on any atom is -0.479 e. The highest BCUT2D eigenvalue weighted by Gasteiger charge is 2.56. The Hall–Kier alpha value is -1.01. The molecular formula is C10H13NO4S. The van der Waals surface area contributed by atoms with Crippen molar-refractivity contribution in [2.45, 2.75) is 24.4 Å². The highest BCUT2D eigenvalue weighted by Crippen LogP contribution is 2.44. The Labute approximate surface area is 97.1 Å². The van der Waals surface area contributed by atoms with Gasteiger partial charge in [0.1, 0.15) is 0 Å².